The van der Waals surface area contributed by atoms with Crippen LogP contribution in [0.2, 0.25) is 0 Å². The van der Waals surface area contributed by atoms with Crippen molar-refractivity contribution in [2.24, 2.45) is 16.8 Å². The van der Waals surface area contributed by atoms with Gasteiger partial charge < -0.3 is 9.64 Å². The van der Waals surface area contributed by atoms with Crippen LogP contribution in [0.1, 0.15) is 45.1 Å². The topological polar surface area (TPSA) is 59.0 Å². The van der Waals surface area contributed by atoms with Crippen LogP contribution >= 0.6 is 15.9 Å². The smallest absolute Gasteiger partial charge is 0.306 e. The molecule has 2 atom stereocenters. The predicted octanol–water partition coefficient (Wildman–Crippen LogP) is 4.46. The highest BCUT2D eigenvalue weighted by molar-refractivity contribution is 9.10. The molecule has 2 aliphatic heterocycles. The standard InChI is InChI=1S/C22H27BrN2O3/c1-14(2)18(12-21(26)28-3)22(27)25-10-4-5-20(25)19-11-16(13-24-19)15-6-8-17(23)9-7-15/h6-9,13-14,18,20H,4-5,10-12H2,1-3H3. The SMILES string of the molecule is COC(=O)CC(C(=O)N1CCCC1C1=NC=C(c2ccc(Br)cc2)C1)C(C)C. The Labute approximate surface area is 175 Å². The third-order valence-electron chi connectivity index (χ3n) is 5.63. The van der Waals surface area contributed by atoms with E-state index in [1.54, 1.807) is 0 Å². The minimum Gasteiger partial charge on any atom is -0.469 e. The number of halogens is 1. The van der Waals surface area contributed by atoms with Crippen LogP contribution in [0.15, 0.2) is 39.9 Å². The minimum atomic E-state index is -0.353. The number of carbonyl (C=O) groups is 2. The Morgan fingerprint density at radius 2 is 2.00 bits per heavy atom. The van der Waals surface area contributed by atoms with E-state index in [2.05, 4.69) is 33.1 Å². The fourth-order valence-corrected chi connectivity index (χ4v) is 4.22. The third kappa shape index (κ3) is 4.54. The van der Waals surface area contributed by atoms with E-state index in [1.165, 1.54) is 12.7 Å². The highest BCUT2D eigenvalue weighted by Crippen LogP contribution is 2.32. The minimum absolute atomic E-state index is 0.0237. The summed E-state index contributed by atoms with van der Waals surface area (Å²) in [5, 5.41) is 0. The quantitative estimate of drug-likeness (QED) is 0.605. The average molecular weight is 447 g/mol. The van der Waals surface area contributed by atoms with Gasteiger partial charge in [0.2, 0.25) is 5.91 Å². The highest BCUT2D eigenvalue weighted by atomic mass is 79.9. The number of allylic oxidation sites excluding steroid dienone is 1. The van der Waals surface area contributed by atoms with Gasteiger partial charge in [0.25, 0.3) is 0 Å². The van der Waals surface area contributed by atoms with Gasteiger partial charge in [0.05, 0.1) is 25.5 Å². The van der Waals surface area contributed by atoms with Crippen molar-refractivity contribution in [3.8, 4) is 0 Å². The van der Waals surface area contributed by atoms with Crippen LogP contribution in [-0.2, 0) is 14.3 Å². The lowest BCUT2D eigenvalue weighted by molar-refractivity contribution is -0.148. The van der Waals surface area contributed by atoms with Crippen molar-refractivity contribution in [1.82, 2.24) is 4.90 Å². The van der Waals surface area contributed by atoms with Crippen molar-refractivity contribution in [1.29, 1.82) is 0 Å². The molecule has 0 saturated carbocycles. The van der Waals surface area contributed by atoms with E-state index in [0.29, 0.717) is 0 Å². The summed E-state index contributed by atoms with van der Waals surface area (Å²) >= 11 is 3.47. The maximum Gasteiger partial charge on any atom is 0.306 e. The van der Waals surface area contributed by atoms with Crippen LogP contribution in [-0.4, -0.2) is 42.2 Å². The molecule has 0 spiro atoms. The zero-order valence-corrected chi connectivity index (χ0v) is 18.2. The molecule has 28 heavy (non-hydrogen) atoms. The Morgan fingerprint density at radius 3 is 2.64 bits per heavy atom. The van der Waals surface area contributed by atoms with Crippen molar-refractivity contribution in [2.75, 3.05) is 13.7 Å². The summed E-state index contributed by atoms with van der Waals surface area (Å²) in [6, 6.07) is 8.24. The first-order chi connectivity index (χ1) is 13.4. The Morgan fingerprint density at radius 1 is 1.29 bits per heavy atom. The van der Waals surface area contributed by atoms with Crippen LogP contribution in [0.5, 0.6) is 0 Å². The number of aliphatic imine (C=N–C) groups is 1. The van der Waals surface area contributed by atoms with Gasteiger partial charge in [-0.1, -0.05) is 41.9 Å². The van der Waals surface area contributed by atoms with Crippen molar-refractivity contribution < 1.29 is 14.3 Å². The van der Waals surface area contributed by atoms with Gasteiger partial charge in [0, 0.05) is 29.3 Å². The van der Waals surface area contributed by atoms with Crippen molar-refractivity contribution in [3.05, 3.63) is 40.5 Å². The summed E-state index contributed by atoms with van der Waals surface area (Å²) in [4.78, 5) is 31.6. The molecule has 0 aliphatic carbocycles. The summed E-state index contributed by atoms with van der Waals surface area (Å²) in [6.45, 7) is 4.69. The number of nitrogens with zero attached hydrogens (tertiary/aromatic N) is 2. The van der Waals surface area contributed by atoms with Gasteiger partial charge in [0.1, 0.15) is 0 Å². The van der Waals surface area contributed by atoms with Crippen LogP contribution in [0.25, 0.3) is 5.57 Å². The average Bonchev–Trinajstić information content (AvgIpc) is 3.34. The molecule has 1 fully saturated rings. The number of ether oxygens (including phenoxy) is 1. The molecule has 2 heterocycles. The van der Waals surface area contributed by atoms with Crippen LogP contribution in [0.3, 0.4) is 0 Å². The second-order valence-corrected chi connectivity index (χ2v) is 8.69. The van der Waals surface area contributed by atoms with Crippen molar-refractivity contribution in [3.63, 3.8) is 0 Å². The van der Waals surface area contributed by atoms with E-state index in [1.807, 2.05) is 37.1 Å². The number of carbonyl (C=O) groups excluding carboxylic acids is 2. The number of likely N-dealkylation sites (tertiary alicyclic amines) is 1. The Kier molecular flexibility index (Phi) is 6.70. The molecule has 0 radical (unpaired) electrons. The van der Waals surface area contributed by atoms with Gasteiger partial charge in [-0.05, 0) is 42.0 Å². The second-order valence-electron chi connectivity index (χ2n) is 7.78. The zero-order chi connectivity index (χ0) is 20.3. The van der Waals surface area contributed by atoms with Gasteiger partial charge in [-0.3, -0.25) is 14.6 Å². The highest BCUT2D eigenvalue weighted by Gasteiger charge is 2.38. The zero-order valence-electron chi connectivity index (χ0n) is 16.7. The van der Waals surface area contributed by atoms with Crippen LogP contribution in [0.4, 0.5) is 0 Å². The summed E-state index contributed by atoms with van der Waals surface area (Å²) in [6.07, 6.45) is 4.71. The van der Waals surface area contributed by atoms with Gasteiger partial charge in [-0.25, -0.2) is 0 Å². The Hall–Kier alpha value is -1.95. The molecule has 3 rings (SSSR count). The van der Waals surface area contributed by atoms with E-state index < -0.39 is 0 Å². The number of amides is 1. The largest absolute Gasteiger partial charge is 0.469 e. The second kappa shape index (κ2) is 9.03. The normalized spacial score (nSPS) is 20.2. The van der Waals surface area contributed by atoms with E-state index in [4.69, 9.17) is 4.74 Å². The molecule has 0 aromatic heterocycles. The number of hydrogen-bond donors (Lipinski definition) is 0. The maximum atomic E-state index is 13.2. The van der Waals surface area contributed by atoms with E-state index in [9.17, 15) is 9.59 Å². The van der Waals surface area contributed by atoms with Crippen molar-refractivity contribution in [2.45, 2.75) is 45.6 Å². The molecule has 2 aliphatic rings. The van der Waals surface area contributed by atoms with Gasteiger partial charge in [0.15, 0.2) is 0 Å². The molecule has 1 saturated heterocycles. The number of hydrogen-bond acceptors (Lipinski definition) is 4. The molecule has 1 aromatic rings. The Balaban J connectivity index is 1.70. The van der Waals surface area contributed by atoms with Gasteiger partial charge in [-0.15, -0.1) is 0 Å². The lowest BCUT2D eigenvalue weighted by Gasteiger charge is -2.30. The molecular formula is C22H27BrN2O3. The van der Waals surface area contributed by atoms with Crippen molar-refractivity contribution >= 4 is 39.1 Å². The summed E-state index contributed by atoms with van der Waals surface area (Å²) in [5.41, 5.74) is 3.38. The van der Waals surface area contributed by atoms with Crippen LogP contribution in [0, 0.1) is 11.8 Å². The summed E-state index contributed by atoms with van der Waals surface area (Å²) in [7, 11) is 1.37. The first-order valence-electron chi connectivity index (χ1n) is 9.79. The number of esters is 1. The molecule has 150 valence electrons. The summed E-state index contributed by atoms with van der Waals surface area (Å²) < 4.78 is 5.85. The first kappa shape index (κ1) is 20.8. The van der Waals surface area contributed by atoms with E-state index in [0.717, 1.165) is 41.6 Å². The van der Waals surface area contributed by atoms with E-state index >= 15 is 0 Å². The molecular weight excluding hydrogens is 420 g/mol. The Bertz CT molecular complexity index is 799. The first-order valence-corrected chi connectivity index (χ1v) is 10.6. The lowest BCUT2D eigenvalue weighted by atomic mass is 9.90. The van der Waals surface area contributed by atoms with Gasteiger partial charge in [-0.2, -0.15) is 0 Å². The number of methoxy groups -OCH3 is 1. The lowest BCUT2D eigenvalue weighted by Crippen LogP contribution is -2.45. The molecule has 6 heteroatoms. The maximum absolute atomic E-state index is 13.2. The van der Waals surface area contributed by atoms with Gasteiger partial charge >= 0.3 is 5.97 Å². The molecule has 0 bridgehead atoms. The molecule has 2 unspecified atom stereocenters. The predicted molar refractivity (Wildman–Crippen MR) is 114 cm³/mol. The third-order valence-corrected chi connectivity index (χ3v) is 6.16. The fourth-order valence-electron chi connectivity index (χ4n) is 3.95. The fraction of sp³-hybridized carbons (Fsp3) is 0.500. The summed E-state index contributed by atoms with van der Waals surface area (Å²) in [5.74, 6) is -0.563. The molecule has 0 N–H and O–H groups in total. The van der Waals surface area contributed by atoms with E-state index in [-0.39, 0.29) is 36.2 Å². The monoisotopic (exact) mass is 446 g/mol. The van der Waals surface area contributed by atoms with Crippen LogP contribution < -0.4 is 0 Å². The molecule has 1 amide bonds. The molecule has 5 nitrogen and oxygen atoms in total. The number of benzene rings is 1. The molecule has 1 aromatic carbocycles. The number of rotatable bonds is 6.